The molecule has 0 aliphatic rings. The Morgan fingerprint density at radius 2 is 2.14 bits per heavy atom. The summed E-state index contributed by atoms with van der Waals surface area (Å²) in [6.07, 6.45) is 0.865. The van der Waals surface area contributed by atoms with Crippen molar-refractivity contribution >= 4 is 0 Å². The van der Waals surface area contributed by atoms with Gasteiger partial charge in [-0.1, -0.05) is 36.8 Å². The zero-order valence-electron chi connectivity index (χ0n) is 8.96. The molecule has 0 spiro atoms. The molecule has 0 heterocycles. The summed E-state index contributed by atoms with van der Waals surface area (Å²) in [7, 11) is 0. The highest BCUT2D eigenvalue weighted by Gasteiger charge is 2.27. The molecule has 0 aliphatic carbocycles. The molecular formula is C12H19NO. The third-order valence-electron chi connectivity index (χ3n) is 3.00. The van der Waals surface area contributed by atoms with Crippen molar-refractivity contribution < 1.29 is 5.11 Å². The highest BCUT2D eigenvalue weighted by molar-refractivity contribution is 5.30. The summed E-state index contributed by atoms with van der Waals surface area (Å²) in [5, 5.41) is 9.44. The van der Waals surface area contributed by atoms with Gasteiger partial charge in [0.15, 0.2) is 0 Å². The first-order chi connectivity index (χ1) is 6.68. The van der Waals surface area contributed by atoms with Crippen molar-refractivity contribution in [2.75, 3.05) is 13.2 Å². The molecule has 1 rings (SSSR count). The highest BCUT2D eigenvalue weighted by atomic mass is 16.3. The lowest BCUT2D eigenvalue weighted by Gasteiger charge is -2.29. The molecule has 1 unspecified atom stereocenters. The van der Waals surface area contributed by atoms with E-state index >= 15 is 0 Å². The van der Waals surface area contributed by atoms with E-state index in [0.29, 0.717) is 6.54 Å². The monoisotopic (exact) mass is 193 g/mol. The fraction of sp³-hybridized carbons (Fsp3) is 0.500. The topological polar surface area (TPSA) is 46.2 Å². The van der Waals surface area contributed by atoms with Crippen molar-refractivity contribution in [1.82, 2.24) is 0 Å². The number of hydrogen-bond acceptors (Lipinski definition) is 2. The predicted octanol–water partition coefficient (Wildman–Crippen LogP) is 1.59. The van der Waals surface area contributed by atoms with E-state index < -0.39 is 0 Å². The summed E-state index contributed by atoms with van der Waals surface area (Å²) < 4.78 is 0. The standard InChI is InChI=1S/C12H19NO/c1-3-12(8-13,9-14)11-6-4-5-10(2)7-11/h4-7,14H,3,8-9,13H2,1-2H3. The van der Waals surface area contributed by atoms with E-state index in [1.165, 1.54) is 5.56 Å². The summed E-state index contributed by atoms with van der Waals surface area (Å²) in [5.41, 5.74) is 7.85. The quantitative estimate of drug-likeness (QED) is 0.763. The van der Waals surface area contributed by atoms with Crippen LogP contribution in [0.4, 0.5) is 0 Å². The number of rotatable bonds is 4. The van der Waals surface area contributed by atoms with Crippen LogP contribution in [0.25, 0.3) is 0 Å². The molecule has 0 saturated carbocycles. The third-order valence-corrected chi connectivity index (χ3v) is 3.00. The van der Waals surface area contributed by atoms with Crippen LogP contribution < -0.4 is 5.73 Å². The first-order valence-electron chi connectivity index (χ1n) is 5.06. The lowest BCUT2D eigenvalue weighted by atomic mass is 9.78. The summed E-state index contributed by atoms with van der Waals surface area (Å²) in [6.45, 7) is 4.72. The van der Waals surface area contributed by atoms with Gasteiger partial charge >= 0.3 is 0 Å². The Balaban J connectivity index is 3.10. The minimum absolute atomic E-state index is 0.115. The van der Waals surface area contributed by atoms with Gasteiger partial charge < -0.3 is 10.8 Å². The number of benzene rings is 1. The summed E-state index contributed by atoms with van der Waals surface area (Å²) >= 11 is 0. The number of aryl methyl sites for hydroxylation is 1. The first kappa shape index (κ1) is 11.2. The Morgan fingerprint density at radius 1 is 1.43 bits per heavy atom. The van der Waals surface area contributed by atoms with Crippen molar-refractivity contribution in [2.24, 2.45) is 5.73 Å². The van der Waals surface area contributed by atoms with E-state index in [4.69, 9.17) is 5.73 Å². The van der Waals surface area contributed by atoms with E-state index in [2.05, 4.69) is 26.0 Å². The minimum Gasteiger partial charge on any atom is -0.395 e. The van der Waals surface area contributed by atoms with Gasteiger partial charge in [-0.3, -0.25) is 0 Å². The molecule has 0 bridgehead atoms. The number of hydrogen-bond donors (Lipinski definition) is 2. The molecule has 14 heavy (non-hydrogen) atoms. The maximum Gasteiger partial charge on any atom is 0.0540 e. The fourth-order valence-electron chi connectivity index (χ4n) is 1.71. The molecule has 0 fully saturated rings. The number of aliphatic hydroxyl groups is 1. The smallest absolute Gasteiger partial charge is 0.0540 e. The molecule has 0 aliphatic heterocycles. The third kappa shape index (κ3) is 1.97. The van der Waals surface area contributed by atoms with E-state index in [9.17, 15) is 5.11 Å². The second-order valence-corrected chi connectivity index (χ2v) is 3.87. The van der Waals surface area contributed by atoms with Crippen LogP contribution in [0, 0.1) is 6.92 Å². The minimum atomic E-state index is -0.258. The molecule has 1 aromatic carbocycles. The first-order valence-corrected chi connectivity index (χ1v) is 5.06. The zero-order valence-corrected chi connectivity index (χ0v) is 8.96. The van der Waals surface area contributed by atoms with Crippen LogP contribution in [-0.2, 0) is 5.41 Å². The second-order valence-electron chi connectivity index (χ2n) is 3.87. The molecule has 0 saturated heterocycles. The molecule has 0 amide bonds. The van der Waals surface area contributed by atoms with E-state index in [1.54, 1.807) is 0 Å². The van der Waals surface area contributed by atoms with Gasteiger partial charge in [-0.15, -0.1) is 0 Å². The van der Waals surface area contributed by atoms with Crippen LogP contribution >= 0.6 is 0 Å². The average Bonchev–Trinajstić information content (AvgIpc) is 2.22. The Morgan fingerprint density at radius 3 is 2.57 bits per heavy atom. The van der Waals surface area contributed by atoms with Crippen LogP contribution in [0.3, 0.4) is 0 Å². The molecule has 0 aromatic heterocycles. The van der Waals surface area contributed by atoms with Gasteiger partial charge in [0.05, 0.1) is 6.61 Å². The summed E-state index contributed by atoms with van der Waals surface area (Å²) in [6, 6.07) is 8.21. The fourth-order valence-corrected chi connectivity index (χ4v) is 1.71. The van der Waals surface area contributed by atoms with Gasteiger partial charge in [-0.2, -0.15) is 0 Å². The molecular weight excluding hydrogens is 174 g/mol. The number of aliphatic hydroxyl groups excluding tert-OH is 1. The average molecular weight is 193 g/mol. The Labute approximate surface area is 85.8 Å². The highest BCUT2D eigenvalue weighted by Crippen LogP contribution is 2.26. The molecule has 3 N–H and O–H groups in total. The summed E-state index contributed by atoms with van der Waals surface area (Å²) in [4.78, 5) is 0. The maximum atomic E-state index is 9.44. The maximum absolute atomic E-state index is 9.44. The van der Waals surface area contributed by atoms with Crippen LogP contribution in [0.15, 0.2) is 24.3 Å². The van der Waals surface area contributed by atoms with E-state index in [-0.39, 0.29) is 12.0 Å². The van der Waals surface area contributed by atoms with Crippen LogP contribution in [-0.4, -0.2) is 18.3 Å². The van der Waals surface area contributed by atoms with Crippen LogP contribution in [0.5, 0.6) is 0 Å². The Kier molecular flexibility index (Phi) is 3.67. The number of nitrogens with two attached hydrogens (primary N) is 1. The van der Waals surface area contributed by atoms with Crippen LogP contribution in [0.1, 0.15) is 24.5 Å². The van der Waals surface area contributed by atoms with Crippen molar-refractivity contribution in [3.63, 3.8) is 0 Å². The zero-order chi connectivity index (χ0) is 10.6. The lowest BCUT2D eigenvalue weighted by Crippen LogP contribution is -2.38. The van der Waals surface area contributed by atoms with Crippen molar-refractivity contribution in [3.05, 3.63) is 35.4 Å². The molecule has 0 radical (unpaired) electrons. The van der Waals surface area contributed by atoms with Gasteiger partial charge in [0.2, 0.25) is 0 Å². The Bertz CT molecular complexity index is 284. The Hall–Kier alpha value is -0.860. The van der Waals surface area contributed by atoms with Crippen LogP contribution in [0.2, 0.25) is 0 Å². The lowest BCUT2D eigenvalue weighted by molar-refractivity contribution is 0.192. The normalized spacial score (nSPS) is 15.1. The van der Waals surface area contributed by atoms with Gasteiger partial charge in [0.25, 0.3) is 0 Å². The summed E-state index contributed by atoms with van der Waals surface area (Å²) in [5.74, 6) is 0. The van der Waals surface area contributed by atoms with Gasteiger partial charge in [0, 0.05) is 12.0 Å². The van der Waals surface area contributed by atoms with E-state index in [1.807, 2.05) is 12.1 Å². The van der Waals surface area contributed by atoms with E-state index in [0.717, 1.165) is 12.0 Å². The van der Waals surface area contributed by atoms with Crippen molar-refractivity contribution in [2.45, 2.75) is 25.7 Å². The SMILES string of the molecule is CCC(CN)(CO)c1cccc(C)c1. The second kappa shape index (κ2) is 4.58. The van der Waals surface area contributed by atoms with Crippen molar-refractivity contribution in [3.8, 4) is 0 Å². The van der Waals surface area contributed by atoms with Gasteiger partial charge in [-0.25, -0.2) is 0 Å². The largest absolute Gasteiger partial charge is 0.395 e. The predicted molar refractivity (Wildman–Crippen MR) is 59.3 cm³/mol. The van der Waals surface area contributed by atoms with Crippen molar-refractivity contribution in [1.29, 1.82) is 0 Å². The van der Waals surface area contributed by atoms with Gasteiger partial charge in [-0.05, 0) is 18.9 Å². The molecule has 78 valence electrons. The van der Waals surface area contributed by atoms with Gasteiger partial charge in [0.1, 0.15) is 0 Å². The molecule has 1 aromatic rings. The molecule has 1 atom stereocenters. The molecule has 2 nitrogen and oxygen atoms in total. The molecule has 2 heteroatoms.